The highest BCUT2D eigenvalue weighted by Gasteiger charge is 2.28. The van der Waals surface area contributed by atoms with Gasteiger partial charge >= 0.3 is 12.2 Å². The van der Waals surface area contributed by atoms with Gasteiger partial charge in [0.05, 0.1) is 9.79 Å². The predicted molar refractivity (Wildman–Crippen MR) is 161 cm³/mol. The van der Waals surface area contributed by atoms with Crippen LogP contribution in [0, 0.1) is 5.92 Å². The van der Waals surface area contributed by atoms with Crippen molar-refractivity contribution >= 4 is 43.6 Å². The van der Waals surface area contributed by atoms with Gasteiger partial charge in [-0.3, -0.25) is 4.72 Å². The summed E-state index contributed by atoms with van der Waals surface area (Å²) in [5.41, 5.74) is 0.549. The van der Waals surface area contributed by atoms with Crippen LogP contribution < -0.4 is 14.3 Å². The number of hydrogen-bond donors (Lipinski definition) is 3. The van der Waals surface area contributed by atoms with Gasteiger partial charge in [0.25, 0.3) is 10.0 Å². The van der Waals surface area contributed by atoms with Gasteiger partial charge in [0.2, 0.25) is 10.0 Å². The van der Waals surface area contributed by atoms with Crippen molar-refractivity contribution in [2.45, 2.75) is 49.0 Å². The van der Waals surface area contributed by atoms with Crippen LogP contribution >= 0.6 is 0 Å². The zero-order valence-electron chi connectivity index (χ0n) is 24.5. The number of piperazine rings is 1. The van der Waals surface area contributed by atoms with E-state index in [1.165, 1.54) is 23.1 Å². The van der Waals surface area contributed by atoms with Gasteiger partial charge in [0, 0.05) is 57.2 Å². The van der Waals surface area contributed by atoms with Crippen molar-refractivity contribution in [1.82, 2.24) is 14.5 Å². The molecular weight excluding hydrogens is 598 g/mol. The van der Waals surface area contributed by atoms with Crippen LogP contribution in [-0.4, -0.2) is 95.3 Å². The van der Waals surface area contributed by atoms with Crippen LogP contribution in [0.2, 0.25) is 0 Å². The molecule has 2 heterocycles. The van der Waals surface area contributed by atoms with E-state index in [-0.39, 0.29) is 28.3 Å². The molecule has 0 atom stereocenters. The lowest BCUT2D eigenvalue weighted by Gasteiger charge is -2.34. The number of hydrogen-bond acceptors (Lipinski definition) is 8. The molecule has 2 fully saturated rings. The van der Waals surface area contributed by atoms with Gasteiger partial charge in [0.1, 0.15) is 5.60 Å². The molecule has 0 unspecified atom stereocenters. The second kappa shape index (κ2) is 13.0. The van der Waals surface area contributed by atoms with Crippen molar-refractivity contribution in [2.24, 2.45) is 5.92 Å². The summed E-state index contributed by atoms with van der Waals surface area (Å²) >= 11 is 0. The third-order valence-corrected chi connectivity index (χ3v) is 10.1. The number of anilines is 2. The molecule has 0 aliphatic carbocycles. The lowest BCUT2D eigenvalue weighted by molar-refractivity contribution is 0.0185. The molecule has 0 spiro atoms. The molecule has 0 radical (unpaired) electrons. The predicted octanol–water partition coefficient (Wildman–Crippen LogP) is 3.21. The minimum atomic E-state index is -4.09. The molecule has 0 saturated carbocycles. The second-order valence-electron chi connectivity index (χ2n) is 11.6. The summed E-state index contributed by atoms with van der Waals surface area (Å²) in [4.78, 5) is 28.0. The van der Waals surface area contributed by atoms with Crippen LogP contribution in [-0.2, 0) is 24.8 Å². The summed E-state index contributed by atoms with van der Waals surface area (Å²) in [5, 5.41) is 9.12. The van der Waals surface area contributed by atoms with Gasteiger partial charge in [-0.1, -0.05) is 6.07 Å². The molecular formula is C28H39N5O8S2. The van der Waals surface area contributed by atoms with Crippen LogP contribution in [0.15, 0.2) is 58.3 Å². The molecule has 13 nitrogen and oxygen atoms in total. The van der Waals surface area contributed by atoms with Crippen molar-refractivity contribution in [2.75, 3.05) is 55.4 Å². The molecule has 2 aromatic carbocycles. The summed E-state index contributed by atoms with van der Waals surface area (Å²) < 4.78 is 62.8. The number of rotatable bonds is 8. The number of carbonyl (C=O) groups is 2. The maximum absolute atomic E-state index is 13.1. The number of likely N-dealkylation sites (tertiary alicyclic amines) is 1. The molecule has 43 heavy (non-hydrogen) atoms. The number of amides is 2. The Bertz CT molecular complexity index is 1510. The Morgan fingerprint density at radius 2 is 1.44 bits per heavy atom. The number of benzene rings is 2. The average molecular weight is 638 g/mol. The Morgan fingerprint density at radius 1 is 0.860 bits per heavy atom. The SMILES string of the molecule is CC(C)(C)OC(=O)N1CCC(CNS(=O)(=O)c2cccc(S(=O)(=O)Nc3ccc(N4CCN(C(=O)O)CC4)cc3)c2)CC1. The highest BCUT2D eigenvalue weighted by molar-refractivity contribution is 7.93. The number of nitrogens with zero attached hydrogens (tertiary/aromatic N) is 3. The maximum Gasteiger partial charge on any atom is 0.410 e. The molecule has 3 N–H and O–H groups in total. The molecule has 0 bridgehead atoms. The Hall–Kier alpha value is -3.56. The number of piperidine rings is 1. The minimum absolute atomic E-state index is 0.0195. The second-order valence-corrected chi connectivity index (χ2v) is 15.1. The topological polar surface area (TPSA) is 166 Å². The number of nitrogens with one attached hydrogen (secondary N) is 2. The maximum atomic E-state index is 13.1. The van der Waals surface area contributed by atoms with E-state index in [1.54, 1.807) is 49.9 Å². The summed E-state index contributed by atoms with van der Waals surface area (Å²) in [6.45, 7) is 8.30. The van der Waals surface area contributed by atoms with Gasteiger partial charge in [-0.25, -0.2) is 31.1 Å². The molecule has 15 heteroatoms. The Kier molecular flexibility index (Phi) is 9.76. The van der Waals surface area contributed by atoms with E-state index in [2.05, 4.69) is 9.44 Å². The van der Waals surface area contributed by atoms with Crippen molar-refractivity contribution < 1.29 is 36.3 Å². The number of carbonyl (C=O) groups excluding carboxylic acids is 1. The Morgan fingerprint density at radius 3 is 2.00 bits per heavy atom. The van der Waals surface area contributed by atoms with Gasteiger partial charge in [-0.15, -0.1) is 0 Å². The van der Waals surface area contributed by atoms with E-state index < -0.39 is 31.7 Å². The molecule has 4 rings (SSSR count). The third-order valence-electron chi connectivity index (χ3n) is 7.29. The van der Waals surface area contributed by atoms with E-state index in [0.29, 0.717) is 57.8 Å². The summed E-state index contributed by atoms with van der Waals surface area (Å²) in [5.74, 6) is 0.0195. The van der Waals surface area contributed by atoms with Crippen LogP contribution in [0.25, 0.3) is 0 Å². The van der Waals surface area contributed by atoms with E-state index in [9.17, 15) is 26.4 Å². The molecule has 2 aliphatic heterocycles. The standard InChI is InChI=1S/C28H39N5O8S2/c1-28(2,3)41-27(36)33-13-11-21(12-14-33)20-29-42(37,38)24-5-4-6-25(19-24)43(39,40)30-22-7-9-23(10-8-22)31-15-17-32(18-16-31)26(34)35/h4-10,19,21,29-30H,11-18,20H2,1-3H3,(H,34,35). The summed E-state index contributed by atoms with van der Waals surface area (Å²) in [6, 6.07) is 11.9. The lowest BCUT2D eigenvalue weighted by Crippen LogP contribution is -2.48. The molecule has 2 aliphatic rings. The fourth-order valence-corrected chi connectivity index (χ4v) is 7.22. The molecule has 2 saturated heterocycles. The van der Waals surface area contributed by atoms with E-state index >= 15 is 0 Å². The monoisotopic (exact) mass is 637 g/mol. The van der Waals surface area contributed by atoms with E-state index in [1.807, 2.05) is 4.90 Å². The lowest BCUT2D eigenvalue weighted by atomic mass is 9.97. The number of sulfonamides is 2. The number of ether oxygens (including phenoxy) is 1. The minimum Gasteiger partial charge on any atom is -0.465 e. The number of carboxylic acid groups (broad SMARTS) is 1. The van der Waals surface area contributed by atoms with Gasteiger partial charge in [0.15, 0.2) is 0 Å². The Balaban J connectivity index is 1.33. The van der Waals surface area contributed by atoms with E-state index in [0.717, 1.165) is 11.8 Å². The highest BCUT2D eigenvalue weighted by atomic mass is 32.2. The van der Waals surface area contributed by atoms with Crippen molar-refractivity contribution in [3.63, 3.8) is 0 Å². The molecule has 2 aromatic rings. The van der Waals surface area contributed by atoms with Crippen molar-refractivity contribution in [1.29, 1.82) is 0 Å². The molecule has 236 valence electrons. The Labute approximate surface area is 252 Å². The van der Waals surface area contributed by atoms with Gasteiger partial charge in [-0.2, -0.15) is 0 Å². The van der Waals surface area contributed by atoms with Crippen molar-refractivity contribution in [3.8, 4) is 0 Å². The summed E-state index contributed by atoms with van der Waals surface area (Å²) in [7, 11) is -8.08. The largest absolute Gasteiger partial charge is 0.465 e. The smallest absolute Gasteiger partial charge is 0.410 e. The van der Waals surface area contributed by atoms with E-state index in [4.69, 9.17) is 9.84 Å². The van der Waals surface area contributed by atoms with Gasteiger partial charge < -0.3 is 24.5 Å². The fourth-order valence-electron chi connectivity index (χ4n) is 4.88. The normalized spacial score (nSPS) is 17.0. The average Bonchev–Trinajstić information content (AvgIpc) is 2.96. The van der Waals surface area contributed by atoms with Crippen LogP contribution in [0.5, 0.6) is 0 Å². The van der Waals surface area contributed by atoms with Crippen molar-refractivity contribution in [3.05, 3.63) is 48.5 Å². The first kappa shape index (κ1) is 32.4. The van der Waals surface area contributed by atoms with Crippen LogP contribution in [0.4, 0.5) is 21.0 Å². The first-order valence-corrected chi connectivity index (χ1v) is 17.0. The zero-order chi connectivity index (χ0) is 31.4. The molecule has 2 amide bonds. The van der Waals surface area contributed by atoms with Crippen LogP contribution in [0.3, 0.4) is 0 Å². The summed E-state index contributed by atoms with van der Waals surface area (Å²) in [6.07, 6.45) is -0.117. The molecule has 0 aromatic heterocycles. The third kappa shape index (κ3) is 8.74. The van der Waals surface area contributed by atoms with Gasteiger partial charge in [-0.05, 0) is 82.0 Å². The fraction of sp³-hybridized carbons (Fsp3) is 0.500. The first-order valence-electron chi connectivity index (χ1n) is 14.1. The zero-order valence-corrected chi connectivity index (χ0v) is 26.2. The highest BCUT2D eigenvalue weighted by Crippen LogP contribution is 2.24. The first-order chi connectivity index (χ1) is 20.1. The quantitative estimate of drug-likeness (QED) is 0.394. The van der Waals surface area contributed by atoms with Crippen LogP contribution in [0.1, 0.15) is 33.6 Å².